The lowest BCUT2D eigenvalue weighted by Gasteiger charge is -2.31. The number of amides is 1. The molecule has 9 nitrogen and oxygen atoms in total. The number of anilines is 1. The molecule has 1 aliphatic rings. The van der Waals surface area contributed by atoms with Crippen LogP contribution in [-0.4, -0.2) is 65.2 Å². The number of benzene rings is 1. The van der Waals surface area contributed by atoms with Crippen LogP contribution in [0, 0.1) is 19.8 Å². The number of carbonyl (C=O) groups is 4. The molecule has 1 aromatic carbocycles. The molecule has 1 amide bonds. The number of esters is 1. The Morgan fingerprint density at radius 1 is 1.13 bits per heavy atom. The Labute approximate surface area is 176 Å². The largest absolute Gasteiger partial charge is 0.473 e. The maximum absolute atomic E-state index is 12.1. The van der Waals surface area contributed by atoms with Gasteiger partial charge in [-0.3, -0.25) is 9.59 Å². The highest BCUT2D eigenvalue weighted by Gasteiger charge is 2.26. The summed E-state index contributed by atoms with van der Waals surface area (Å²) in [7, 11) is 0. The van der Waals surface area contributed by atoms with Gasteiger partial charge in [0.2, 0.25) is 5.91 Å². The molecule has 1 atom stereocenters. The molecule has 0 spiro atoms. The van der Waals surface area contributed by atoms with E-state index in [-0.39, 0.29) is 17.8 Å². The summed E-state index contributed by atoms with van der Waals surface area (Å²) in [6.07, 6.45) is 2.29. The topological polar surface area (TPSA) is 133 Å². The number of nitrogens with zero attached hydrogens (tertiary/aromatic N) is 1. The lowest BCUT2D eigenvalue weighted by atomic mass is 9.98. The molecule has 0 aromatic heterocycles. The van der Waals surface area contributed by atoms with Gasteiger partial charge >= 0.3 is 17.9 Å². The zero-order valence-corrected chi connectivity index (χ0v) is 17.6. The van der Waals surface area contributed by atoms with E-state index in [1.165, 1.54) is 11.1 Å². The van der Waals surface area contributed by atoms with Gasteiger partial charge < -0.3 is 25.2 Å². The number of piperidine rings is 1. The molecule has 1 heterocycles. The van der Waals surface area contributed by atoms with Gasteiger partial charge in [0.05, 0.1) is 12.5 Å². The van der Waals surface area contributed by atoms with Gasteiger partial charge in [-0.15, -0.1) is 0 Å². The zero-order valence-electron chi connectivity index (χ0n) is 17.6. The van der Waals surface area contributed by atoms with Crippen LogP contribution < -0.4 is 5.32 Å². The molecule has 0 bridgehead atoms. The quantitative estimate of drug-likeness (QED) is 0.469. The van der Waals surface area contributed by atoms with Crippen molar-refractivity contribution >= 4 is 29.5 Å². The molecule has 0 saturated carbocycles. The number of nitrogens with one attached hydrogen (secondary N) is 1. The summed E-state index contributed by atoms with van der Waals surface area (Å²) in [6, 6.07) is 5.93. The molecular formula is C21H30N2O7. The standard InChI is InChI=1S/C19H28N2O3.C2H2O4/c1-4-24-19(23)16-6-5-10-21(13-16)11-9-18(22)20-17-8-7-14(2)15(3)12-17;3-1(4)2(5)6/h7-8,12,16H,4-6,9-11,13H2,1-3H3,(H,20,22);(H,3,4)(H,5,6). The Morgan fingerprint density at radius 3 is 2.37 bits per heavy atom. The first-order chi connectivity index (χ1) is 14.1. The molecule has 1 aliphatic heterocycles. The minimum atomic E-state index is -1.82. The van der Waals surface area contributed by atoms with Crippen LogP contribution in [0.4, 0.5) is 5.69 Å². The number of rotatable bonds is 6. The lowest BCUT2D eigenvalue weighted by Crippen LogP contribution is -2.40. The second-order valence-electron chi connectivity index (χ2n) is 7.10. The molecule has 1 saturated heterocycles. The van der Waals surface area contributed by atoms with Crippen LogP contribution in [0.25, 0.3) is 0 Å². The summed E-state index contributed by atoms with van der Waals surface area (Å²) < 4.78 is 5.11. The van der Waals surface area contributed by atoms with Gasteiger partial charge in [0.1, 0.15) is 0 Å². The van der Waals surface area contributed by atoms with Crippen molar-refractivity contribution in [1.82, 2.24) is 4.90 Å². The Bertz CT molecular complexity index is 752. The molecular weight excluding hydrogens is 392 g/mol. The summed E-state index contributed by atoms with van der Waals surface area (Å²) in [5.74, 6) is -3.80. The van der Waals surface area contributed by atoms with Gasteiger partial charge in [-0.05, 0) is 63.4 Å². The highest BCUT2D eigenvalue weighted by molar-refractivity contribution is 6.27. The SMILES string of the molecule is CCOC(=O)C1CCCN(CCC(=O)Nc2ccc(C)c(C)c2)C1.O=C(O)C(=O)O. The van der Waals surface area contributed by atoms with Gasteiger partial charge in [-0.25, -0.2) is 9.59 Å². The highest BCUT2D eigenvalue weighted by atomic mass is 16.5. The number of hydrogen-bond donors (Lipinski definition) is 3. The van der Waals surface area contributed by atoms with Crippen LogP contribution in [0.5, 0.6) is 0 Å². The first-order valence-electron chi connectivity index (χ1n) is 9.86. The maximum Gasteiger partial charge on any atom is 0.414 e. The molecule has 3 N–H and O–H groups in total. The van der Waals surface area contributed by atoms with Gasteiger partial charge in [-0.2, -0.15) is 0 Å². The third kappa shape index (κ3) is 9.04. The molecule has 30 heavy (non-hydrogen) atoms. The number of likely N-dealkylation sites (tertiary alicyclic amines) is 1. The minimum absolute atomic E-state index is 0.0107. The zero-order chi connectivity index (χ0) is 22.7. The number of aryl methyl sites for hydroxylation is 2. The Kier molecular flexibility index (Phi) is 10.5. The van der Waals surface area contributed by atoms with Gasteiger partial charge in [-0.1, -0.05) is 6.07 Å². The van der Waals surface area contributed by atoms with Crippen LogP contribution in [0.1, 0.15) is 37.3 Å². The van der Waals surface area contributed by atoms with Crippen LogP contribution in [0.3, 0.4) is 0 Å². The second-order valence-corrected chi connectivity index (χ2v) is 7.10. The van der Waals surface area contributed by atoms with E-state index >= 15 is 0 Å². The molecule has 0 radical (unpaired) electrons. The summed E-state index contributed by atoms with van der Waals surface area (Å²) >= 11 is 0. The van der Waals surface area contributed by atoms with Crippen molar-refractivity contribution < 1.29 is 34.1 Å². The normalized spacial score (nSPS) is 16.0. The Hall–Kier alpha value is -2.94. The number of hydrogen-bond acceptors (Lipinski definition) is 6. The van der Waals surface area contributed by atoms with E-state index in [9.17, 15) is 9.59 Å². The van der Waals surface area contributed by atoms with E-state index in [1.807, 2.05) is 32.0 Å². The predicted octanol–water partition coefficient (Wildman–Crippen LogP) is 2.06. The maximum atomic E-state index is 12.1. The lowest BCUT2D eigenvalue weighted by molar-refractivity contribution is -0.159. The Morgan fingerprint density at radius 2 is 1.80 bits per heavy atom. The van der Waals surface area contributed by atoms with E-state index < -0.39 is 11.9 Å². The summed E-state index contributed by atoms with van der Waals surface area (Å²) in [5.41, 5.74) is 3.22. The van der Waals surface area contributed by atoms with Gasteiger partial charge in [0.25, 0.3) is 0 Å². The van der Waals surface area contributed by atoms with E-state index in [0.29, 0.717) is 26.1 Å². The third-order valence-electron chi connectivity index (χ3n) is 4.75. The average molecular weight is 422 g/mol. The van der Waals surface area contributed by atoms with Gasteiger partial charge in [0, 0.05) is 25.2 Å². The summed E-state index contributed by atoms with van der Waals surface area (Å²) in [5, 5.41) is 17.7. The second kappa shape index (κ2) is 12.6. The molecule has 0 aliphatic carbocycles. The monoisotopic (exact) mass is 422 g/mol. The van der Waals surface area contributed by atoms with Crippen molar-refractivity contribution in [3.05, 3.63) is 29.3 Å². The smallest absolute Gasteiger partial charge is 0.414 e. The van der Waals surface area contributed by atoms with Crippen molar-refractivity contribution in [2.45, 2.75) is 40.0 Å². The summed E-state index contributed by atoms with van der Waals surface area (Å²) in [6.45, 7) is 8.64. The van der Waals surface area contributed by atoms with Crippen molar-refractivity contribution in [2.75, 3.05) is 31.6 Å². The molecule has 1 fully saturated rings. The number of carboxylic acid groups (broad SMARTS) is 2. The first kappa shape index (κ1) is 25.1. The number of carbonyl (C=O) groups excluding carboxylic acids is 2. The van der Waals surface area contributed by atoms with Crippen LogP contribution in [-0.2, 0) is 23.9 Å². The van der Waals surface area contributed by atoms with E-state index in [0.717, 1.165) is 25.1 Å². The van der Waals surface area contributed by atoms with Crippen molar-refractivity contribution in [1.29, 1.82) is 0 Å². The number of ether oxygens (including phenoxy) is 1. The predicted molar refractivity (Wildman–Crippen MR) is 110 cm³/mol. The van der Waals surface area contributed by atoms with E-state index in [2.05, 4.69) is 17.1 Å². The van der Waals surface area contributed by atoms with Crippen LogP contribution in [0.15, 0.2) is 18.2 Å². The Balaban J connectivity index is 0.000000656. The average Bonchev–Trinajstić information content (AvgIpc) is 2.70. The molecule has 166 valence electrons. The molecule has 2 rings (SSSR count). The molecule has 1 unspecified atom stereocenters. The highest BCUT2D eigenvalue weighted by Crippen LogP contribution is 2.18. The minimum Gasteiger partial charge on any atom is -0.473 e. The first-order valence-corrected chi connectivity index (χ1v) is 9.86. The van der Waals surface area contributed by atoms with Crippen molar-refractivity contribution in [3.8, 4) is 0 Å². The summed E-state index contributed by atoms with van der Waals surface area (Å²) in [4.78, 5) is 44.4. The van der Waals surface area contributed by atoms with Crippen LogP contribution in [0.2, 0.25) is 0 Å². The fourth-order valence-electron chi connectivity index (χ4n) is 3.01. The van der Waals surface area contributed by atoms with Crippen LogP contribution >= 0.6 is 0 Å². The van der Waals surface area contributed by atoms with Gasteiger partial charge in [0.15, 0.2) is 0 Å². The molecule has 1 aromatic rings. The van der Waals surface area contributed by atoms with E-state index in [1.54, 1.807) is 0 Å². The third-order valence-corrected chi connectivity index (χ3v) is 4.75. The van der Waals surface area contributed by atoms with E-state index in [4.69, 9.17) is 24.5 Å². The van der Waals surface area contributed by atoms with Crippen molar-refractivity contribution in [2.24, 2.45) is 5.92 Å². The fourth-order valence-corrected chi connectivity index (χ4v) is 3.01. The van der Waals surface area contributed by atoms with Crippen molar-refractivity contribution in [3.63, 3.8) is 0 Å². The molecule has 9 heteroatoms. The fraction of sp³-hybridized carbons (Fsp3) is 0.524. The number of carboxylic acids is 2. The number of aliphatic carboxylic acids is 2.